The third-order valence-electron chi connectivity index (χ3n) is 10.4. The number of likely N-dealkylation sites (tertiary alicyclic amines) is 1. The van der Waals surface area contributed by atoms with Crippen LogP contribution in [0.25, 0.3) is 0 Å². The maximum atomic E-state index is 12.7. The summed E-state index contributed by atoms with van der Waals surface area (Å²) in [6, 6.07) is 19.2. The molecule has 6 rings (SSSR count). The van der Waals surface area contributed by atoms with Gasteiger partial charge < -0.3 is 35.8 Å². The standard InChI is InChI=1S/C22H32N4O2.C21H21ClF2N4O4/c1-22(2,3)21(27)16-26-14-19-12-25(13-20(15-26)28-19)10-4-9-24-18-7-5-17(11-23)6-8-18;22-14-7-13(8-15(9-14)32-21(23)24)17(29)20(31)28-6-5-16(28)19(30)27-10-11-1-3-12(4-2-11)18(25)26/h5-8,19-20,24H,4,9-10,12-16H2,1-3H3;1-4,7-9,16-17,21,29H,5-6,10H2,(H3,25,26)(H,27,30)/t;16-,17+/m.0/s1. The summed E-state index contributed by atoms with van der Waals surface area (Å²) >= 11 is 5.87. The van der Waals surface area contributed by atoms with Crippen LogP contribution in [0, 0.1) is 22.2 Å². The molecule has 0 aliphatic carbocycles. The normalized spacial score (nSPS) is 19.5. The number of ether oxygens (including phenoxy) is 2. The Morgan fingerprint density at radius 1 is 1.03 bits per heavy atom. The summed E-state index contributed by atoms with van der Waals surface area (Å²) in [5.41, 5.74) is 8.19. The molecular formula is C43H53ClF2N8O6. The minimum absolute atomic E-state index is 0.0127. The summed E-state index contributed by atoms with van der Waals surface area (Å²) in [5.74, 6) is -1.18. The number of morpholine rings is 2. The van der Waals surface area contributed by atoms with Crippen LogP contribution in [-0.2, 0) is 25.7 Å². The van der Waals surface area contributed by atoms with E-state index >= 15 is 0 Å². The number of hydrogen-bond donors (Lipinski definition) is 5. The van der Waals surface area contributed by atoms with Gasteiger partial charge in [-0.15, -0.1) is 0 Å². The number of nitrogen functional groups attached to an aromatic ring is 1. The molecule has 2 amide bonds. The molecule has 0 spiro atoms. The van der Waals surface area contributed by atoms with Gasteiger partial charge in [-0.05, 0) is 66.4 Å². The van der Waals surface area contributed by atoms with Crippen LogP contribution in [0.3, 0.4) is 0 Å². The van der Waals surface area contributed by atoms with Crippen LogP contribution in [0.4, 0.5) is 14.5 Å². The average Bonchev–Trinajstić information content (AvgIpc) is 3.17. The lowest BCUT2D eigenvalue weighted by molar-refractivity contribution is -0.154. The van der Waals surface area contributed by atoms with E-state index in [0.717, 1.165) is 69.1 Å². The van der Waals surface area contributed by atoms with E-state index in [0.29, 0.717) is 29.9 Å². The van der Waals surface area contributed by atoms with Gasteiger partial charge in [0, 0.05) is 74.0 Å². The van der Waals surface area contributed by atoms with Crippen molar-refractivity contribution < 1.29 is 37.7 Å². The predicted molar refractivity (Wildman–Crippen MR) is 223 cm³/mol. The van der Waals surface area contributed by atoms with Gasteiger partial charge in [-0.2, -0.15) is 14.0 Å². The first-order valence-corrected chi connectivity index (χ1v) is 20.2. The Morgan fingerprint density at radius 3 is 2.25 bits per heavy atom. The molecule has 0 aromatic heterocycles. The molecule has 3 aliphatic rings. The molecule has 2 unspecified atom stereocenters. The molecule has 3 heterocycles. The van der Waals surface area contributed by atoms with Gasteiger partial charge >= 0.3 is 6.61 Å². The Labute approximate surface area is 354 Å². The Bertz CT molecular complexity index is 2000. The number of carbonyl (C=O) groups is 3. The van der Waals surface area contributed by atoms with Crippen molar-refractivity contribution in [1.29, 1.82) is 10.7 Å². The van der Waals surface area contributed by atoms with Gasteiger partial charge in [0.2, 0.25) is 5.91 Å². The number of amidine groups is 1. The number of aliphatic hydroxyl groups excluding tert-OH is 1. The van der Waals surface area contributed by atoms with E-state index in [-0.39, 0.29) is 58.8 Å². The second kappa shape index (κ2) is 20.9. The van der Waals surface area contributed by atoms with E-state index in [1.165, 1.54) is 11.0 Å². The highest BCUT2D eigenvalue weighted by Crippen LogP contribution is 2.30. The van der Waals surface area contributed by atoms with Crippen molar-refractivity contribution in [1.82, 2.24) is 20.0 Å². The number of ketones is 1. The van der Waals surface area contributed by atoms with Crippen LogP contribution in [0.15, 0.2) is 66.7 Å². The summed E-state index contributed by atoms with van der Waals surface area (Å²) in [4.78, 5) is 43.5. The molecule has 14 nitrogen and oxygen atoms in total. The molecule has 4 atom stereocenters. The Morgan fingerprint density at radius 2 is 1.68 bits per heavy atom. The molecule has 3 aliphatic heterocycles. The maximum Gasteiger partial charge on any atom is 0.387 e. The second-order valence-electron chi connectivity index (χ2n) is 16.1. The van der Waals surface area contributed by atoms with Gasteiger partial charge in [-0.3, -0.25) is 29.6 Å². The highest BCUT2D eigenvalue weighted by molar-refractivity contribution is 6.30. The summed E-state index contributed by atoms with van der Waals surface area (Å²) in [6.07, 6.45) is 0.191. The number of aliphatic hydroxyl groups is 1. The molecule has 2 bridgehead atoms. The first-order chi connectivity index (χ1) is 28.5. The van der Waals surface area contributed by atoms with Crippen molar-refractivity contribution in [2.24, 2.45) is 11.1 Å². The number of amides is 2. The van der Waals surface area contributed by atoms with Crippen LogP contribution in [0.5, 0.6) is 5.75 Å². The highest BCUT2D eigenvalue weighted by Gasteiger charge is 2.40. The van der Waals surface area contributed by atoms with E-state index in [4.69, 9.17) is 32.7 Å². The first-order valence-electron chi connectivity index (χ1n) is 19.8. The van der Waals surface area contributed by atoms with Gasteiger partial charge in [0.15, 0.2) is 11.9 Å². The van der Waals surface area contributed by atoms with Crippen LogP contribution < -0.4 is 21.1 Å². The molecule has 0 saturated carbocycles. The van der Waals surface area contributed by atoms with Crippen molar-refractivity contribution in [3.05, 3.63) is 94.0 Å². The van der Waals surface area contributed by atoms with Crippen molar-refractivity contribution in [2.45, 2.75) is 71.1 Å². The van der Waals surface area contributed by atoms with E-state index in [1.54, 1.807) is 24.3 Å². The van der Waals surface area contributed by atoms with Gasteiger partial charge in [-0.25, -0.2) is 0 Å². The number of nitrogens with one attached hydrogen (secondary N) is 3. The van der Waals surface area contributed by atoms with Crippen molar-refractivity contribution in [3.63, 3.8) is 0 Å². The number of nitrogens with zero attached hydrogens (tertiary/aromatic N) is 4. The second-order valence-corrected chi connectivity index (χ2v) is 16.6. The number of anilines is 1. The van der Waals surface area contributed by atoms with Crippen molar-refractivity contribution in [3.8, 4) is 11.8 Å². The van der Waals surface area contributed by atoms with Crippen LogP contribution >= 0.6 is 11.6 Å². The number of benzene rings is 3. The van der Waals surface area contributed by atoms with E-state index < -0.39 is 24.7 Å². The number of Topliss-reactive ketones (excluding diaryl/α,β-unsaturated/α-hetero) is 1. The number of hydrogen-bond acceptors (Lipinski definition) is 11. The molecule has 3 fully saturated rings. The van der Waals surface area contributed by atoms with Gasteiger partial charge in [0.05, 0.1) is 30.4 Å². The third kappa shape index (κ3) is 13.2. The minimum atomic E-state index is -3.09. The Hall–Kier alpha value is -5.18. The fourth-order valence-electron chi connectivity index (χ4n) is 7.06. The molecule has 6 N–H and O–H groups in total. The Balaban J connectivity index is 0.000000230. The quantitative estimate of drug-likeness (QED) is 0.0819. The van der Waals surface area contributed by atoms with E-state index in [1.807, 2.05) is 45.0 Å². The fourth-order valence-corrected chi connectivity index (χ4v) is 7.29. The number of fused-ring (bicyclic) bond motifs is 2. The number of rotatable bonds is 15. The zero-order valence-corrected chi connectivity index (χ0v) is 34.8. The highest BCUT2D eigenvalue weighted by atomic mass is 35.5. The number of nitrogens with two attached hydrogens (primary N) is 1. The molecule has 3 saturated heterocycles. The van der Waals surface area contributed by atoms with Gasteiger partial charge in [0.25, 0.3) is 5.91 Å². The average molecular weight is 851 g/mol. The number of halogens is 3. The number of carbonyl (C=O) groups excluding carboxylic acids is 3. The third-order valence-corrected chi connectivity index (χ3v) is 10.7. The van der Waals surface area contributed by atoms with Crippen molar-refractivity contribution >= 4 is 40.7 Å². The fraction of sp³-hybridized carbons (Fsp3) is 0.465. The zero-order valence-electron chi connectivity index (χ0n) is 34.0. The minimum Gasteiger partial charge on any atom is -0.435 e. The van der Waals surface area contributed by atoms with Crippen molar-refractivity contribution in [2.75, 3.05) is 57.7 Å². The lowest BCUT2D eigenvalue weighted by atomic mass is 9.90. The molecular weight excluding hydrogens is 798 g/mol. The lowest BCUT2D eigenvalue weighted by Gasteiger charge is -2.46. The van der Waals surface area contributed by atoms with E-state index in [2.05, 4.69) is 31.2 Å². The number of nitriles is 1. The summed E-state index contributed by atoms with van der Waals surface area (Å²) < 4.78 is 35.3. The zero-order chi connectivity index (χ0) is 43.6. The smallest absolute Gasteiger partial charge is 0.387 e. The monoisotopic (exact) mass is 850 g/mol. The van der Waals surface area contributed by atoms with E-state index in [9.17, 15) is 28.3 Å². The van der Waals surface area contributed by atoms with Crippen LogP contribution in [0.2, 0.25) is 5.02 Å². The molecule has 17 heteroatoms. The molecule has 0 radical (unpaired) electrons. The van der Waals surface area contributed by atoms with Gasteiger partial charge in [0.1, 0.15) is 17.6 Å². The number of alkyl halides is 2. The molecule has 322 valence electrons. The predicted octanol–water partition coefficient (Wildman–Crippen LogP) is 4.54. The molecule has 60 heavy (non-hydrogen) atoms. The molecule has 3 aromatic rings. The lowest BCUT2D eigenvalue weighted by Crippen LogP contribution is -2.60. The Kier molecular flexibility index (Phi) is 16.0. The molecule has 3 aromatic carbocycles. The maximum absolute atomic E-state index is 12.7. The summed E-state index contributed by atoms with van der Waals surface area (Å²) in [7, 11) is 0. The van der Waals surface area contributed by atoms with Gasteiger partial charge in [-0.1, -0.05) is 56.6 Å². The summed E-state index contributed by atoms with van der Waals surface area (Å²) in [5, 5.41) is 32.8. The first kappa shape index (κ1) is 45.9. The van der Waals surface area contributed by atoms with Crippen LogP contribution in [-0.4, -0.2) is 120 Å². The SMILES string of the molecule is CC(C)(C)C(=O)CN1CC2CN(CCCNc3ccc(C#N)cc3)CC(C1)O2.N=C(N)c1ccc(CNC(=O)[C@@H]2CCN2C(=O)[C@H](O)c2cc(Cl)cc(OC(F)F)c2)cc1. The van der Waals surface area contributed by atoms with Crippen LogP contribution in [0.1, 0.15) is 62.0 Å². The topological polar surface area (TPSA) is 197 Å². The summed E-state index contributed by atoms with van der Waals surface area (Å²) in [6.45, 7) is 9.41. The largest absolute Gasteiger partial charge is 0.435 e.